The molecule has 1 aliphatic rings. The maximum atomic E-state index is 12.3. The molecule has 0 aromatic rings. The summed E-state index contributed by atoms with van der Waals surface area (Å²) in [6.45, 7) is 5.89. The molecule has 1 saturated heterocycles. The van der Waals surface area contributed by atoms with Gasteiger partial charge >= 0.3 is 5.97 Å². The molecular formula is C19H27NO11. The van der Waals surface area contributed by atoms with Crippen LogP contribution in [0.4, 0.5) is 0 Å². The molecule has 12 heteroatoms. The summed E-state index contributed by atoms with van der Waals surface area (Å²) in [5, 5.41) is 34.9. The fourth-order valence-corrected chi connectivity index (χ4v) is 3.15. The molecule has 2 unspecified atom stereocenters. The normalized spacial score (nSPS) is 31.3. The first-order valence-corrected chi connectivity index (χ1v) is 9.23. The van der Waals surface area contributed by atoms with Gasteiger partial charge in [0.2, 0.25) is 5.91 Å². The minimum absolute atomic E-state index is 0.378. The van der Waals surface area contributed by atoms with Crippen molar-refractivity contribution in [3.8, 4) is 0 Å². The van der Waals surface area contributed by atoms with Crippen molar-refractivity contribution in [3.63, 3.8) is 0 Å². The number of ether oxygens (including phenoxy) is 3. The van der Waals surface area contributed by atoms with Gasteiger partial charge in [0.05, 0.1) is 6.54 Å². The molecule has 1 fully saturated rings. The van der Waals surface area contributed by atoms with Crippen molar-refractivity contribution in [2.45, 2.75) is 63.5 Å². The first kappa shape index (κ1) is 26.5. The van der Waals surface area contributed by atoms with Gasteiger partial charge in [0.25, 0.3) is 0 Å². The van der Waals surface area contributed by atoms with E-state index in [9.17, 15) is 39.3 Å². The van der Waals surface area contributed by atoms with Gasteiger partial charge in [-0.2, -0.15) is 0 Å². The highest BCUT2D eigenvalue weighted by atomic mass is 16.7. The first-order chi connectivity index (χ1) is 14.2. The Kier molecular flexibility index (Phi) is 8.73. The van der Waals surface area contributed by atoms with Gasteiger partial charge in [-0.15, -0.1) is 0 Å². The van der Waals surface area contributed by atoms with E-state index in [0.29, 0.717) is 0 Å². The van der Waals surface area contributed by atoms with Gasteiger partial charge in [-0.3, -0.25) is 24.0 Å². The van der Waals surface area contributed by atoms with E-state index >= 15 is 0 Å². The second kappa shape index (κ2) is 10.2. The number of ketones is 3. The molecule has 1 amide bonds. The van der Waals surface area contributed by atoms with E-state index in [1.165, 1.54) is 0 Å². The third kappa shape index (κ3) is 5.22. The Hall–Kier alpha value is -2.51. The van der Waals surface area contributed by atoms with E-state index in [4.69, 9.17) is 14.2 Å². The lowest BCUT2D eigenvalue weighted by Crippen LogP contribution is -2.80. The molecule has 6 atom stereocenters. The fourth-order valence-electron chi connectivity index (χ4n) is 3.15. The molecule has 4 N–H and O–H groups in total. The predicted octanol–water partition coefficient (Wildman–Crippen LogP) is -2.45. The zero-order chi connectivity index (χ0) is 24.1. The summed E-state index contributed by atoms with van der Waals surface area (Å²) in [5.41, 5.74) is -6.13. The van der Waals surface area contributed by atoms with Crippen molar-refractivity contribution in [2.24, 2.45) is 0 Å². The van der Waals surface area contributed by atoms with Gasteiger partial charge in [-0.05, 0) is 26.8 Å². The maximum absolute atomic E-state index is 12.3. The highest BCUT2D eigenvalue weighted by Crippen LogP contribution is 2.40. The molecule has 0 aromatic carbocycles. The summed E-state index contributed by atoms with van der Waals surface area (Å²) in [4.78, 5) is 59.0. The molecule has 0 aromatic heterocycles. The highest BCUT2D eigenvalue weighted by Gasteiger charge is 2.70. The second-order valence-corrected chi connectivity index (χ2v) is 7.07. The van der Waals surface area contributed by atoms with Crippen LogP contribution in [0.1, 0.15) is 27.7 Å². The average molecular weight is 445 g/mol. The summed E-state index contributed by atoms with van der Waals surface area (Å²) in [6, 6.07) is 0. The number of aliphatic hydroxyl groups excluding tert-OH is 1. The monoisotopic (exact) mass is 445 g/mol. The number of amides is 1. The fraction of sp³-hybridized carbons (Fsp3) is 0.632. The summed E-state index contributed by atoms with van der Waals surface area (Å²) in [7, 11) is 0. The molecular weight excluding hydrogens is 418 g/mol. The molecule has 174 valence electrons. The zero-order valence-electron chi connectivity index (χ0n) is 17.6. The summed E-state index contributed by atoms with van der Waals surface area (Å²) in [6.07, 6.45) is -6.56. The molecule has 1 heterocycles. The van der Waals surface area contributed by atoms with Crippen LogP contribution in [-0.2, 0) is 38.2 Å². The van der Waals surface area contributed by atoms with E-state index in [-0.39, 0.29) is 6.54 Å². The van der Waals surface area contributed by atoms with Gasteiger partial charge in [0, 0.05) is 6.92 Å². The Morgan fingerprint density at radius 2 is 1.65 bits per heavy atom. The molecule has 0 radical (unpaired) electrons. The molecule has 0 saturated carbocycles. The quantitative estimate of drug-likeness (QED) is 0.207. The average Bonchev–Trinajstić information content (AvgIpc) is 2.68. The van der Waals surface area contributed by atoms with Crippen molar-refractivity contribution < 1.29 is 53.5 Å². The number of hydrogen-bond acceptors (Lipinski definition) is 11. The molecule has 0 spiro atoms. The van der Waals surface area contributed by atoms with Crippen LogP contribution in [0, 0.1) is 0 Å². The topological polar surface area (TPSA) is 186 Å². The number of aliphatic hydroxyl groups is 3. The van der Waals surface area contributed by atoms with Crippen molar-refractivity contribution in [3.05, 3.63) is 12.7 Å². The Morgan fingerprint density at radius 3 is 2.06 bits per heavy atom. The number of carbonyl (C=O) groups excluding carboxylic acids is 5. The zero-order valence-corrected chi connectivity index (χ0v) is 17.6. The third-order valence-corrected chi connectivity index (χ3v) is 4.94. The van der Waals surface area contributed by atoms with Gasteiger partial charge in [0.15, 0.2) is 34.8 Å². The lowest BCUT2D eigenvalue weighted by Gasteiger charge is -2.52. The number of nitrogens with one attached hydrogen (secondary N) is 1. The Labute approximate surface area is 178 Å². The van der Waals surface area contributed by atoms with Crippen LogP contribution < -0.4 is 5.32 Å². The van der Waals surface area contributed by atoms with Gasteiger partial charge in [-0.25, -0.2) is 0 Å². The van der Waals surface area contributed by atoms with E-state index in [2.05, 4.69) is 11.9 Å². The van der Waals surface area contributed by atoms with Gasteiger partial charge in [-0.1, -0.05) is 6.58 Å². The number of hydrogen-bond donors (Lipinski definition) is 4. The molecule has 0 bridgehead atoms. The van der Waals surface area contributed by atoms with Crippen LogP contribution in [0.15, 0.2) is 12.7 Å². The maximum Gasteiger partial charge on any atom is 0.302 e. The van der Waals surface area contributed by atoms with Gasteiger partial charge < -0.3 is 34.8 Å². The summed E-state index contributed by atoms with van der Waals surface area (Å²) >= 11 is 0. The largest absolute Gasteiger partial charge is 0.463 e. The van der Waals surface area contributed by atoms with Crippen molar-refractivity contribution in [2.75, 3.05) is 13.2 Å². The van der Waals surface area contributed by atoms with Crippen LogP contribution >= 0.6 is 0 Å². The minimum atomic E-state index is -3.13. The third-order valence-electron chi connectivity index (χ3n) is 4.94. The SMILES string of the molecule is C=CC(=O)NCC(OC1O[C@H](COC(C)=O)[C@@](O)(C(C)=O)[C@@](O)(C(C)=O)[C@H]1O)C(C)=O. The van der Waals surface area contributed by atoms with Crippen LogP contribution in [0.3, 0.4) is 0 Å². The number of rotatable bonds is 10. The van der Waals surface area contributed by atoms with Crippen LogP contribution in [-0.4, -0.2) is 93.5 Å². The molecule has 31 heavy (non-hydrogen) atoms. The van der Waals surface area contributed by atoms with Crippen LogP contribution in [0.5, 0.6) is 0 Å². The Bertz CT molecular complexity index is 766. The van der Waals surface area contributed by atoms with Crippen molar-refractivity contribution in [1.82, 2.24) is 5.32 Å². The number of esters is 1. The molecule has 0 aliphatic carbocycles. The number of carbonyl (C=O) groups is 5. The standard InChI is InChI=1S/C19H27NO11/c1-6-15(25)20-7-13(9(2)21)30-17-16(26)19(28,11(4)23)18(27,10(3)22)14(31-17)8-29-12(5)24/h6,13-14,16-17,26-28H,1,7-8H2,2-5H3,(H,20,25)/t13?,14-,16+,17?,18+,19-/m1/s1. The molecule has 1 rings (SSSR count). The van der Waals surface area contributed by atoms with Gasteiger partial charge in [0.1, 0.15) is 24.9 Å². The Morgan fingerprint density at radius 1 is 1.10 bits per heavy atom. The van der Waals surface area contributed by atoms with E-state index in [0.717, 1.165) is 33.8 Å². The second-order valence-electron chi connectivity index (χ2n) is 7.07. The molecule has 1 aliphatic heterocycles. The highest BCUT2D eigenvalue weighted by molar-refractivity contribution is 5.98. The molecule has 12 nitrogen and oxygen atoms in total. The van der Waals surface area contributed by atoms with Crippen molar-refractivity contribution >= 4 is 29.2 Å². The van der Waals surface area contributed by atoms with E-state index in [1.54, 1.807) is 0 Å². The Balaban J connectivity index is 3.36. The van der Waals surface area contributed by atoms with Crippen LogP contribution in [0.2, 0.25) is 0 Å². The predicted molar refractivity (Wildman–Crippen MR) is 101 cm³/mol. The summed E-state index contributed by atoms with van der Waals surface area (Å²) < 4.78 is 15.5. The minimum Gasteiger partial charge on any atom is -0.463 e. The van der Waals surface area contributed by atoms with Crippen LogP contribution in [0.25, 0.3) is 0 Å². The van der Waals surface area contributed by atoms with E-state index in [1.807, 2.05) is 0 Å². The lowest BCUT2D eigenvalue weighted by atomic mass is 9.68. The van der Waals surface area contributed by atoms with E-state index < -0.39 is 71.6 Å². The summed E-state index contributed by atoms with van der Waals surface area (Å²) in [5.74, 6) is -4.42. The smallest absolute Gasteiger partial charge is 0.302 e. The first-order valence-electron chi connectivity index (χ1n) is 9.23. The number of Topliss-reactive ketones (excluding diaryl/α,β-unsaturated/α-hetero) is 3. The lowest BCUT2D eigenvalue weighted by molar-refractivity contribution is -0.348. The van der Waals surface area contributed by atoms with Crippen molar-refractivity contribution in [1.29, 1.82) is 0 Å².